The van der Waals surface area contributed by atoms with Crippen molar-refractivity contribution in [3.05, 3.63) is 30.1 Å². The van der Waals surface area contributed by atoms with Crippen LogP contribution in [0.5, 0.6) is 0 Å². The number of carboxylic acids is 1. The van der Waals surface area contributed by atoms with Crippen LogP contribution in [0.3, 0.4) is 0 Å². The number of nitrogens with one attached hydrogen (secondary N) is 1. The maximum absolute atomic E-state index is 11.6. The van der Waals surface area contributed by atoms with E-state index >= 15 is 0 Å². The molecule has 0 bridgehead atoms. The van der Waals surface area contributed by atoms with E-state index in [4.69, 9.17) is 9.66 Å². The van der Waals surface area contributed by atoms with Crippen LogP contribution < -0.4 is 5.32 Å². The summed E-state index contributed by atoms with van der Waals surface area (Å²) in [6.45, 7) is 0. The maximum atomic E-state index is 11.6. The van der Waals surface area contributed by atoms with Gasteiger partial charge in [-0.2, -0.15) is 8.42 Å². The molecule has 0 aliphatic heterocycles. The Kier molecular flexibility index (Phi) is 4.95. The molecular weight excluding hydrogens is 276 g/mol. The number of aromatic nitrogens is 1. The molecule has 1 rings (SSSR count). The molecule has 19 heavy (non-hydrogen) atoms. The van der Waals surface area contributed by atoms with Crippen molar-refractivity contribution >= 4 is 22.0 Å². The van der Waals surface area contributed by atoms with Gasteiger partial charge in [0.15, 0.2) is 0 Å². The van der Waals surface area contributed by atoms with E-state index < -0.39 is 40.2 Å². The second-order valence-electron chi connectivity index (χ2n) is 3.65. The van der Waals surface area contributed by atoms with E-state index in [1.54, 1.807) is 12.1 Å². The van der Waals surface area contributed by atoms with Gasteiger partial charge in [0, 0.05) is 6.20 Å². The van der Waals surface area contributed by atoms with Gasteiger partial charge >= 0.3 is 5.97 Å². The van der Waals surface area contributed by atoms with Gasteiger partial charge in [-0.25, -0.2) is 4.79 Å². The standard InChI is InChI=1S/C10H12N2O6S/c13-9(7-3-1-2-5-11-7)12-8(10(14)15)4-6-19(16,17)18/h1-3,5,8H,4,6H2,(H,12,13)(H,14,15)(H,16,17,18)/t8-/m0/s1. The first kappa shape index (κ1) is 15.1. The average Bonchev–Trinajstić information content (AvgIpc) is 2.33. The number of hydrogen-bond acceptors (Lipinski definition) is 5. The Morgan fingerprint density at radius 3 is 2.53 bits per heavy atom. The molecule has 8 nitrogen and oxygen atoms in total. The molecule has 9 heteroatoms. The molecule has 0 saturated heterocycles. The van der Waals surface area contributed by atoms with E-state index in [1.807, 2.05) is 0 Å². The van der Waals surface area contributed by atoms with Gasteiger partial charge < -0.3 is 10.4 Å². The first-order valence-corrected chi connectivity index (χ1v) is 6.80. The molecule has 0 aliphatic carbocycles. The van der Waals surface area contributed by atoms with Crippen LogP contribution in [0.1, 0.15) is 16.9 Å². The van der Waals surface area contributed by atoms with E-state index in [9.17, 15) is 18.0 Å². The number of carboxylic acid groups (broad SMARTS) is 1. The van der Waals surface area contributed by atoms with Crippen molar-refractivity contribution in [2.24, 2.45) is 0 Å². The average molecular weight is 288 g/mol. The lowest BCUT2D eigenvalue weighted by atomic mass is 10.2. The van der Waals surface area contributed by atoms with E-state index in [-0.39, 0.29) is 5.69 Å². The SMILES string of the molecule is O=C(N[C@@H](CCS(=O)(=O)O)C(=O)O)c1ccccn1. The Hall–Kier alpha value is -2.00. The van der Waals surface area contributed by atoms with E-state index in [1.165, 1.54) is 12.3 Å². The molecule has 1 heterocycles. The smallest absolute Gasteiger partial charge is 0.326 e. The van der Waals surface area contributed by atoms with Crippen molar-refractivity contribution in [2.45, 2.75) is 12.5 Å². The summed E-state index contributed by atoms with van der Waals surface area (Å²) in [5.74, 6) is -2.89. The molecule has 1 aromatic rings. The van der Waals surface area contributed by atoms with Crippen LogP contribution in [0.15, 0.2) is 24.4 Å². The summed E-state index contributed by atoms with van der Waals surface area (Å²) in [7, 11) is -4.28. The molecule has 0 unspecified atom stereocenters. The lowest BCUT2D eigenvalue weighted by Crippen LogP contribution is -2.42. The van der Waals surface area contributed by atoms with Gasteiger partial charge in [0.1, 0.15) is 11.7 Å². The van der Waals surface area contributed by atoms with Crippen LogP contribution in [0.2, 0.25) is 0 Å². The van der Waals surface area contributed by atoms with Crippen LogP contribution >= 0.6 is 0 Å². The molecule has 1 atom stereocenters. The van der Waals surface area contributed by atoms with Gasteiger partial charge in [-0.15, -0.1) is 0 Å². The van der Waals surface area contributed by atoms with Gasteiger partial charge in [-0.3, -0.25) is 14.3 Å². The molecule has 0 aliphatic rings. The summed E-state index contributed by atoms with van der Waals surface area (Å²) >= 11 is 0. The molecule has 3 N–H and O–H groups in total. The molecule has 1 amide bonds. The van der Waals surface area contributed by atoms with Crippen LogP contribution in [0.4, 0.5) is 0 Å². The fraction of sp³-hybridized carbons (Fsp3) is 0.300. The molecule has 104 valence electrons. The third-order valence-corrected chi connectivity index (χ3v) is 2.92. The van der Waals surface area contributed by atoms with E-state index in [0.29, 0.717) is 0 Å². The van der Waals surface area contributed by atoms with Gasteiger partial charge in [-0.05, 0) is 18.6 Å². The van der Waals surface area contributed by atoms with Crippen molar-refractivity contribution in [2.75, 3.05) is 5.75 Å². The normalized spacial score (nSPS) is 12.7. The zero-order valence-corrected chi connectivity index (χ0v) is 10.5. The molecule has 0 aromatic carbocycles. The Morgan fingerprint density at radius 2 is 2.05 bits per heavy atom. The predicted molar refractivity (Wildman–Crippen MR) is 64.2 cm³/mol. The van der Waals surface area contributed by atoms with Crippen molar-refractivity contribution < 1.29 is 27.7 Å². The monoisotopic (exact) mass is 288 g/mol. The molecule has 0 spiro atoms. The zero-order chi connectivity index (χ0) is 14.5. The summed E-state index contributed by atoms with van der Waals surface area (Å²) in [5, 5.41) is 11.0. The van der Waals surface area contributed by atoms with Crippen molar-refractivity contribution in [3.8, 4) is 0 Å². The molecular formula is C10H12N2O6S. The Balaban J connectivity index is 2.69. The Labute approximate surface area is 109 Å². The minimum absolute atomic E-state index is 0.0144. The third kappa shape index (κ3) is 5.44. The highest BCUT2D eigenvalue weighted by molar-refractivity contribution is 7.85. The number of nitrogens with zero attached hydrogens (tertiary/aromatic N) is 1. The van der Waals surface area contributed by atoms with Gasteiger partial charge in [-0.1, -0.05) is 6.07 Å². The second kappa shape index (κ2) is 6.25. The van der Waals surface area contributed by atoms with Crippen LogP contribution in [0.25, 0.3) is 0 Å². The van der Waals surface area contributed by atoms with E-state index in [2.05, 4.69) is 10.3 Å². The Bertz CT molecular complexity index is 557. The summed E-state index contributed by atoms with van der Waals surface area (Å²) in [4.78, 5) is 26.2. The first-order valence-electron chi connectivity index (χ1n) is 5.19. The highest BCUT2D eigenvalue weighted by atomic mass is 32.2. The fourth-order valence-corrected chi connectivity index (χ4v) is 1.79. The lowest BCUT2D eigenvalue weighted by Gasteiger charge is -2.13. The van der Waals surface area contributed by atoms with Crippen LogP contribution in [-0.4, -0.2) is 46.7 Å². The zero-order valence-electron chi connectivity index (χ0n) is 9.68. The molecule has 0 saturated carbocycles. The largest absolute Gasteiger partial charge is 0.480 e. The number of aliphatic carboxylic acids is 1. The predicted octanol–water partition coefficient (Wildman–Crippen LogP) is -0.457. The van der Waals surface area contributed by atoms with Crippen molar-refractivity contribution in [1.29, 1.82) is 0 Å². The molecule has 1 aromatic heterocycles. The van der Waals surface area contributed by atoms with E-state index in [0.717, 1.165) is 0 Å². The number of rotatable bonds is 6. The molecule has 0 radical (unpaired) electrons. The third-order valence-electron chi connectivity index (χ3n) is 2.17. The highest BCUT2D eigenvalue weighted by Crippen LogP contribution is 2.00. The fourth-order valence-electron chi connectivity index (χ4n) is 1.25. The number of carbonyl (C=O) groups excluding carboxylic acids is 1. The summed E-state index contributed by atoms with van der Waals surface area (Å²) in [5.41, 5.74) is 0.0144. The van der Waals surface area contributed by atoms with Crippen molar-refractivity contribution in [1.82, 2.24) is 10.3 Å². The molecule has 0 fully saturated rings. The number of pyridine rings is 1. The lowest BCUT2D eigenvalue weighted by molar-refractivity contribution is -0.139. The first-order chi connectivity index (χ1) is 8.79. The highest BCUT2D eigenvalue weighted by Gasteiger charge is 2.23. The maximum Gasteiger partial charge on any atom is 0.326 e. The van der Waals surface area contributed by atoms with Gasteiger partial charge in [0.25, 0.3) is 16.0 Å². The van der Waals surface area contributed by atoms with Gasteiger partial charge in [0.05, 0.1) is 5.75 Å². The quantitative estimate of drug-likeness (QED) is 0.603. The van der Waals surface area contributed by atoms with Crippen LogP contribution in [-0.2, 0) is 14.9 Å². The van der Waals surface area contributed by atoms with Gasteiger partial charge in [0.2, 0.25) is 0 Å². The minimum atomic E-state index is -4.28. The number of hydrogen-bond donors (Lipinski definition) is 3. The second-order valence-corrected chi connectivity index (χ2v) is 5.23. The Morgan fingerprint density at radius 1 is 1.37 bits per heavy atom. The number of amides is 1. The van der Waals surface area contributed by atoms with Crippen LogP contribution in [0, 0.1) is 0 Å². The summed E-state index contributed by atoms with van der Waals surface area (Å²) in [6, 6.07) is 3.10. The van der Waals surface area contributed by atoms with Crippen molar-refractivity contribution in [3.63, 3.8) is 0 Å². The minimum Gasteiger partial charge on any atom is -0.480 e. The topological polar surface area (TPSA) is 134 Å². The number of carbonyl (C=O) groups is 2. The summed E-state index contributed by atoms with van der Waals surface area (Å²) in [6.07, 6.45) is 0.926. The summed E-state index contributed by atoms with van der Waals surface area (Å²) < 4.78 is 29.7.